The molecule has 0 fully saturated rings. The van der Waals surface area contributed by atoms with Gasteiger partial charge in [0.2, 0.25) is 0 Å². The number of hydrogen-bond donors (Lipinski definition) is 1. The van der Waals surface area contributed by atoms with Gasteiger partial charge in [0.1, 0.15) is 11.5 Å². The molecule has 5 nitrogen and oxygen atoms in total. The van der Waals surface area contributed by atoms with Crippen LogP contribution < -0.4 is 4.72 Å². The van der Waals surface area contributed by atoms with Crippen molar-refractivity contribution in [2.45, 2.75) is 6.92 Å². The second kappa shape index (κ2) is 7.35. The molecule has 2 heterocycles. The fraction of sp³-hybridized carbons (Fsp3) is 0.0588. The van der Waals surface area contributed by atoms with Crippen LogP contribution in [0.3, 0.4) is 0 Å². The third-order valence-corrected chi connectivity index (χ3v) is 5.43. The van der Waals surface area contributed by atoms with Crippen LogP contribution in [0.2, 0.25) is 5.15 Å². The third-order valence-electron chi connectivity index (χ3n) is 3.33. The van der Waals surface area contributed by atoms with E-state index in [9.17, 15) is 8.42 Å². The second-order valence-electron chi connectivity index (χ2n) is 5.22. The molecule has 8 heteroatoms. The topological polar surface area (TPSA) is 72.0 Å². The maximum absolute atomic E-state index is 12.3. The first-order valence-corrected chi connectivity index (χ1v) is 10.1. The highest BCUT2D eigenvalue weighted by Crippen LogP contribution is 2.32. The van der Waals surface area contributed by atoms with Crippen LogP contribution in [0, 0.1) is 6.92 Å². The first-order chi connectivity index (χ1) is 11.9. The van der Waals surface area contributed by atoms with Gasteiger partial charge in [-0.3, -0.25) is 4.72 Å². The molecule has 0 amide bonds. The normalized spacial score (nSPS) is 11.8. The fourth-order valence-electron chi connectivity index (χ4n) is 2.13. The van der Waals surface area contributed by atoms with Crippen LogP contribution in [0.4, 0.5) is 5.82 Å². The predicted octanol–water partition coefficient (Wildman–Crippen LogP) is 4.58. The van der Waals surface area contributed by atoms with E-state index < -0.39 is 10.0 Å². The Morgan fingerprint density at radius 2 is 1.92 bits per heavy atom. The van der Waals surface area contributed by atoms with Gasteiger partial charge in [-0.2, -0.15) is 0 Å². The molecule has 3 rings (SSSR count). The van der Waals surface area contributed by atoms with Crippen LogP contribution >= 0.6 is 22.9 Å². The fourth-order valence-corrected chi connectivity index (χ4v) is 3.89. The summed E-state index contributed by atoms with van der Waals surface area (Å²) in [4.78, 5) is 8.85. The van der Waals surface area contributed by atoms with Crippen LogP contribution in [0.1, 0.15) is 10.4 Å². The summed E-state index contributed by atoms with van der Waals surface area (Å²) in [6.45, 7) is 1.96. The highest BCUT2D eigenvalue weighted by atomic mass is 35.5. The van der Waals surface area contributed by atoms with Gasteiger partial charge in [0.15, 0.2) is 5.82 Å². The maximum atomic E-state index is 12.3. The van der Waals surface area contributed by atoms with Crippen LogP contribution in [-0.4, -0.2) is 18.4 Å². The standard InChI is InChI=1S/C17H14ClN3O2S2/c1-12-4-6-13(7-5-12)15-16(18)19-11-20-17(15)21-25(22,23)10-8-14-3-2-9-24-14/h2-11H,1H3,(H,19,20,21)/b10-8+. The molecule has 0 radical (unpaired) electrons. The van der Waals surface area contributed by atoms with E-state index >= 15 is 0 Å². The number of aromatic nitrogens is 2. The molecule has 0 spiro atoms. The molecule has 0 saturated carbocycles. The lowest BCUT2D eigenvalue weighted by Gasteiger charge is -2.11. The van der Waals surface area contributed by atoms with E-state index in [-0.39, 0.29) is 11.0 Å². The van der Waals surface area contributed by atoms with Crippen molar-refractivity contribution in [3.63, 3.8) is 0 Å². The molecule has 0 saturated heterocycles. The van der Waals surface area contributed by atoms with Gasteiger partial charge >= 0.3 is 0 Å². The van der Waals surface area contributed by atoms with Gasteiger partial charge in [0.05, 0.1) is 11.0 Å². The van der Waals surface area contributed by atoms with Crippen molar-refractivity contribution in [3.8, 4) is 11.1 Å². The maximum Gasteiger partial charge on any atom is 0.256 e. The average molecular weight is 392 g/mol. The lowest BCUT2D eigenvalue weighted by molar-refractivity contribution is 0.609. The van der Waals surface area contributed by atoms with E-state index in [1.54, 1.807) is 0 Å². The van der Waals surface area contributed by atoms with Gasteiger partial charge in [-0.05, 0) is 30.0 Å². The Labute approximate surface area is 155 Å². The molecular weight excluding hydrogens is 378 g/mol. The number of hydrogen-bond acceptors (Lipinski definition) is 5. The monoisotopic (exact) mass is 391 g/mol. The first kappa shape index (κ1) is 17.6. The average Bonchev–Trinajstić information content (AvgIpc) is 3.08. The first-order valence-electron chi connectivity index (χ1n) is 7.26. The van der Waals surface area contributed by atoms with E-state index in [2.05, 4.69) is 14.7 Å². The molecule has 0 aliphatic rings. The summed E-state index contributed by atoms with van der Waals surface area (Å²) >= 11 is 7.64. The molecule has 0 atom stereocenters. The zero-order valence-electron chi connectivity index (χ0n) is 13.2. The number of nitrogens with zero attached hydrogens (tertiary/aromatic N) is 2. The Morgan fingerprint density at radius 3 is 2.60 bits per heavy atom. The molecule has 25 heavy (non-hydrogen) atoms. The van der Waals surface area contributed by atoms with Crippen molar-refractivity contribution < 1.29 is 8.42 Å². The molecule has 0 unspecified atom stereocenters. The summed E-state index contributed by atoms with van der Waals surface area (Å²) in [6.07, 6.45) is 2.75. The molecule has 1 aromatic carbocycles. The smallest absolute Gasteiger partial charge is 0.256 e. The Morgan fingerprint density at radius 1 is 1.16 bits per heavy atom. The number of anilines is 1. The minimum Gasteiger partial charge on any atom is -0.263 e. The Hall–Kier alpha value is -2.22. The highest BCUT2D eigenvalue weighted by molar-refractivity contribution is 7.95. The van der Waals surface area contributed by atoms with E-state index in [4.69, 9.17) is 11.6 Å². The van der Waals surface area contributed by atoms with E-state index in [1.165, 1.54) is 23.7 Å². The number of nitrogens with one attached hydrogen (secondary N) is 1. The molecule has 2 aromatic heterocycles. The number of thiophene rings is 1. The number of benzene rings is 1. The van der Waals surface area contributed by atoms with Crippen LogP contribution in [0.5, 0.6) is 0 Å². The summed E-state index contributed by atoms with van der Waals surface area (Å²) in [5, 5.41) is 3.16. The Bertz CT molecular complexity index is 999. The van der Waals surface area contributed by atoms with E-state index in [0.717, 1.165) is 21.4 Å². The van der Waals surface area contributed by atoms with Crippen LogP contribution in [-0.2, 0) is 10.0 Å². The zero-order chi connectivity index (χ0) is 17.9. The van der Waals surface area contributed by atoms with Crippen molar-refractivity contribution in [1.29, 1.82) is 0 Å². The Balaban J connectivity index is 1.95. The van der Waals surface area contributed by atoms with Gasteiger partial charge in [0, 0.05) is 4.88 Å². The summed E-state index contributed by atoms with van der Waals surface area (Å²) in [6, 6.07) is 11.2. The lowest BCUT2D eigenvalue weighted by Crippen LogP contribution is -2.11. The quantitative estimate of drug-likeness (QED) is 0.646. The molecule has 0 bridgehead atoms. The van der Waals surface area contributed by atoms with E-state index in [0.29, 0.717) is 5.56 Å². The number of halogens is 1. The van der Waals surface area contributed by atoms with Gasteiger partial charge in [-0.25, -0.2) is 18.4 Å². The Kier molecular flexibility index (Phi) is 5.17. The third kappa shape index (κ3) is 4.45. The molecule has 1 N–H and O–H groups in total. The minimum atomic E-state index is -3.74. The molecule has 0 aliphatic heterocycles. The number of rotatable bonds is 5. The molecule has 0 aliphatic carbocycles. The largest absolute Gasteiger partial charge is 0.263 e. The summed E-state index contributed by atoms with van der Waals surface area (Å²) in [5.41, 5.74) is 2.26. The number of aryl methyl sites for hydroxylation is 1. The van der Waals surface area contributed by atoms with Crippen molar-refractivity contribution in [1.82, 2.24) is 9.97 Å². The summed E-state index contributed by atoms with van der Waals surface area (Å²) in [5.74, 6) is 0.139. The molecule has 3 aromatic rings. The summed E-state index contributed by atoms with van der Waals surface area (Å²) in [7, 11) is -3.74. The SMILES string of the molecule is Cc1ccc(-c2c(Cl)ncnc2NS(=O)(=O)/C=C/c2cccs2)cc1. The highest BCUT2D eigenvalue weighted by Gasteiger charge is 2.16. The van der Waals surface area contributed by atoms with Crippen molar-refractivity contribution in [2.24, 2.45) is 0 Å². The zero-order valence-corrected chi connectivity index (χ0v) is 15.6. The number of sulfonamides is 1. The summed E-state index contributed by atoms with van der Waals surface area (Å²) < 4.78 is 27.2. The molecule has 128 valence electrons. The van der Waals surface area contributed by atoms with E-state index in [1.807, 2.05) is 48.7 Å². The van der Waals surface area contributed by atoms with Gasteiger partial charge < -0.3 is 0 Å². The van der Waals surface area contributed by atoms with Crippen LogP contribution in [0.25, 0.3) is 17.2 Å². The van der Waals surface area contributed by atoms with Gasteiger partial charge in [-0.15, -0.1) is 11.3 Å². The lowest BCUT2D eigenvalue weighted by atomic mass is 10.1. The minimum absolute atomic E-state index is 0.139. The van der Waals surface area contributed by atoms with Crippen molar-refractivity contribution in [2.75, 3.05) is 4.72 Å². The van der Waals surface area contributed by atoms with Gasteiger partial charge in [-0.1, -0.05) is 47.5 Å². The predicted molar refractivity (Wildman–Crippen MR) is 103 cm³/mol. The van der Waals surface area contributed by atoms with Crippen LogP contribution in [0.15, 0.2) is 53.5 Å². The van der Waals surface area contributed by atoms with Gasteiger partial charge in [0.25, 0.3) is 10.0 Å². The molecular formula is C17H14ClN3O2S2. The second-order valence-corrected chi connectivity index (χ2v) is 8.12. The van der Waals surface area contributed by atoms with Crippen molar-refractivity contribution >= 4 is 44.9 Å². The van der Waals surface area contributed by atoms with Crippen molar-refractivity contribution in [3.05, 3.63) is 69.1 Å².